The van der Waals surface area contributed by atoms with Crippen molar-refractivity contribution in [2.24, 2.45) is 7.05 Å². The Balaban J connectivity index is 2.13. The lowest BCUT2D eigenvalue weighted by Gasteiger charge is -2.13. The number of anilines is 1. The summed E-state index contributed by atoms with van der Waals surface area (Å²) in [6.07, 6.45) is 2.50. The number of hydrogen-bond donors (Lipinski definition) is 2. The number of nitrogens with zero attached hydrogens (tertiary/aromatic N) is 3. The molecular weight excluding hydrogens is 244 g/mol. The third kappa shape index (κ3) is 3.01. The number of rotatable bonds is 5. The fourth-order valence-corrected chi connectivity index (χ4v) is 2.08. The molecule has 0 fully saturated rings. The maximum atomic E-state index is 10.5. The molecule has 0 spiro atoms. The molecule has 2 aromatic rings. The van der Waals surface area contributed by atoms with Crippen LogP contribution in [0, 0.1) is 6.92 Å². The van der Waals surface area contributed by atoms with E-state index < -0.39 is 5.97 Å². The van der Waals surface area contributed by atoms with Gasteiger partial charge >= 0.3 is 5.97 Å². The van der Waals surface area contributed by atoms with E-state index in [0.29, 0.717) is 6.42 Å². The molecule has 0 aromatic carbocycles. The van der Waals surface area contributed by atoms with Crippen molar-refractivity contribution in [2.75, 3.05) is 5.32 Å². The van der Waals surface area contributed by atoms with Crippen LogP contribution in [-0.2, 0) is 11.8 Å². The van der Waals surface area contributed by atoms with Crippen LogP contribution in [0.25, 0.3) is 11.0 Å². The fourth-order valence-electron chi connectivity index (χ4n) is 2.08. The van der Waals surface area contributed by atoms with Gasteiger partial charge in [-0.2, -0.15) is 5.10 Å². The van der Waals surface area contributed by atoms with Gasteiger partial charge in [0.25, 0.3) is 0 Å². The molecule has 0 aliphatic carbocycles. The third-order valence-electron chi connectivity index (χ3n) is 3.07. The maximum Gasteiger partial charge on any atom is 0.303 e. The van der Waals surface area contributed by atoms with Gasteiger partial charge in [-0.3, -0.25) is 9.48 Å². The van der Waals surface area contributed by atoms with E-state index in [1.165, 1.54) is 0 Å². The Kier molecular flexibility index (Phi) is 3.69. The van der Waals surface area contributed by atoms with Gasteiger partial charge in [-0.15, -0.1) is 0 Å². The van der Waals surface area contributed by atoms with E-state index in [9.17, 15) is 4.79 Å². The highest BCUT2D eigenvalue weighted by Gasteiger charge is 2.09. The molecular formula is C13H18N4O2. The van der Waals surface area contributed by atoms with Gasteiger partial charge in [0.05, 0.1) is 17.6 Å². The molecule has 2 rings (SSSR count). The minimum Gasteiger partial charge on any atom is -0.481 e. The molecule has 6 heteroatoms. The van der Waals surface area contributed by atoms with Crippen molar-refractivity contribution in [3.8, 4) is 0 Å². The summed E-state index contributed by atoms with van der Waals surface area (Å²) in [5.74, 6) is -0.773. The third-order valence-corrected chi connectivity index (χ3v) is 3.07. The molecule has 0 bridgehead atoms. The number of aliphatic carboxylic acids is 1. The maximum absolute atomic E-state index is 10.5. The van der Waals surface area contributed by atoms with Crippen molar-refractivity contribution < 1.29 is 9.90 Å². The number of aryl methyl sites for hydroxylation is 2. The molecule has 102 valence electrons. The summed E-state index contributed by atoms with van der Waals surface area (Å²) in [5, 5.41) is 17.3. The van der Waals surface area contributed by atoms with Crippen molar-refractivity contribution in [1.82, 2.24) is 14.8 Å². The zero-order valence-corrected chi connectivity index (χ0v) is 11.3. The minimum absolute atomic E-state index is 0.0901. The molecule has 0 saturated heterocycles. The average Bonchev–Trinajstić information content (AvgIpc) is 2.62. The van der Waals surface area contributed by atoms with Crippen LogP contribution in [0.15, 0.2) is 12.3 Å². The van der Waals surface area contributed by atoms with Gasteiger partial charge in [0.1, 0.15) is 0 Å². The molecule has 1 atom stereocenters. The minimum atomic E-state index is -0.773. The predicted molar refractivity (Wildman–Crippen MR) is 73.2 cm³/mol. The average molecular weight is 262 g/mol. The topological polar surface area (TPSA) is 80.0 Å². The Morgan fingerprint density at radius 3 is 3.00 bits per heavy atom. The SMILES string of the molecule is Cc1nn(C)c2ncc(NC(C)CCC(=O)O)cc12. The highest BCUT2D eigenvalue weighted by atomic mass is 16.4. The van der Waals surface area contributed by atoms with E-state index in [-0.39, 0.29) is 12.5 Å². The number of nitrogens with one attached hydrogen (secondary N) is 1. The summed E-state index contributed by atoms with van der Waals surface area (Å²) >= 11 is 0. The lowest BCUT2D eigenvalue weighted by atomic mass is 10.1. The summed E-state index contributed by atoms with van der Waals surface area (Å²) in [4.78, 5) is 14.9. The lowest BCUT2D eigenvalue weighted by Crippen LogP contribution is -2.16. The molecule has 0 amide bonds. The number of carboxylic acid groups (broad SMARTS) is 1. The highest BCUT2D eigenvalue weighted by Crippen LogP contribution is 2.20. The zero-order valence-electron chi connectivity index (χ0n) is 11.3. The zero-order chi connectivity index (χ0) is 14.0. The second kappa shape index (κ2) is 5.26. The fraction of sp³-hybridized carbons (Fsp3) is 0.462. The van der Waals surface area contributed by atoms with Gasteiger partial charge in [0, 0.05) is 24.9 Å². The van der Waals surface area contributed by atoms with Gasteiger partial charge in [-0.25, -0.2) is 4.98 Å². The van der Waals surface area contributed by atoms with Crippen molar-refractivity contribution >= 4 is 22.7 Å². The monoisotopic (exact) mass is 262 g/mol. The van der Waals surface area contributed by atoms with E-state index >= 15 is 0 Å². The van der Waals surface area contributed by atoms with E-state index in [1.807, 2.05) is 27.0 Å². The summed E-state index contributed by atoms with van der Waals surface area (Å²) in [6, 6.07) is 2.09. The number of carboxylic acids is 1. The van der Waals surface area contributed by atoms with Gasteiger partial charge in [0.15, 0.2) is 5.65 Å². The quantitative estimate of drug-likeness (QED) is 0.860. The second-order valence-corrected chi connectivity index (χ2v) is 4.78. The van der Waals surface area contributed by atoms with Crippen molar-refractivity contribution in [3.63, 3.8) is 0 Å². The summed E-state index contributed by atoms with van der Waals surface area (Å²) < 4.78 is 1.75. The molecule has 2 aromatic heterocycles. The van der Waals surface area contributed by atoms with E-state index in [0.717, 1.165) is 22.4 Å². The Morgan fingerprint density at radius 1 is 1.58 bits per heavy atom. The first-order chi connectivity index (χ1) is 8.97. The van der Waals surface area contributed by atoms with Crippen LogP contribution in [-0.4, -0.2) is 31.9 Å². The molecule has 0 radical (unpaired) electrons. The first-order valence-electron chi connectivity index (χ1n) is 6.25. The van der Waals surface area contributed by atoms with Crippen LogP contribution in [0.1, 0.15) is 25.5 Å². The standard InChI is InChI=1S/C13H18N4O2/c1-8(4-5-12(18)19)15-10-6-11-9(2)16-17(3)13(11)14-7-10/h6-8,15H,4-5H2,1-3H3,(H,18,19). The summed E-state index contributed by atoms with van der Waals surface area (Å²) in [6.45, 7) is 3.91. The van der Waals surface area contributed by atoms with Crippen molar-refractivity contribution in [2.45, 2.75) is 32.7 Å². The van der Waals surface area contributed by atoms with Crippen LogP contribution in [0.3, 0.4) is 0 Å². The van der Waals surface area contributed by atoms with Gasteiger partial charge in [-0.1, -0.05) is 0 Å². The summed E-state index contributed by atoms with van der Waals surface area (Å²) in [7, 11) is 1.87. The molecule has 19 heavy (non-hydrogen) atoms. The number of fused-ring (bicyclic) bond motifs is 1. The van der Waals surface area contributed by atoms with Crippen LogP contribution < -0.4 is 5.32 Å². The van der Waals surface area contributed by atoms with Crippen molar-refractivity contribution in [1.29, 1.82) is 0 Å². The first-order valence-corrected chi connectivity index (χ1v) is 6.25. The molecule has 2 heterocycles. The number of carbonyl (C=O) groups is 1. The smallest absolute Gasteiger partial charge is 0.303 e. The number of pyridine rings is 1. The van der Waals surface area contributed by atoms with E-state index in [2.05, 4.69) is 15.4 Å². The van der Waals surface area contributed by atoms with Crippen LogP contribution >= 0.6 is 0 Å². The predicted octanol–water partition coefficient (Wildman–Crippen LogP) is 1.94. The lowest BCUT2D eigenvalue weighted by molar-refractivity contribution is -0.137. The molecule has 0 aliphatic heterocycles. The Hall–Kier alpha value is -2.11. The van der Waals surface area contributed by atoms with Crippen LogP contribution in [0.4, 0.5) is 5.69 Å². The molecule has 0 aliphatic rings. The van der Waals surface area contributed by atoms with Gasteiger partial charge in [-0.05, 0) is 26.3 Å². The Morgan fingerprint density at radius 2 is 2.32 bits per heavy atom. The number of aromatic nitrogens is 3. The number of hydrogen-bond acceptors (Lipinski definition) is 4. The Bertz CT molecular complexity index is 606. The highest BCUT2D eigenvalue weighted by molar-refractivity contribution is 5.81. The van der Waals surface area contributed by atoms with Crippen LogP contribution in [0.5, 0.6) is 0 Å². The molecule has 6 nitrogen and oxygen atoms in total. The first kappa shape index (κ1) is 13.3. The van der Waals surface area contributed by atoms with Crippen molar-refractivity contribution in [3.05, 3.63) is 18.0 Å². The summed E-state index contributed by atoms with van der Waals surface area (Å²) in [5.41, 5.74) is 2.68. The molecule has 1 unspecified atom stereocenters. The van der Waals surface area contributed by atoms with E-state index in [4.69, 9.17) is 5.11 Å². The van der Waals surface area contributed by atoms with E-state index in [1.54, 1.807) is 10.9 Å². The van der Waals surface area contributed by atoms with Crippen LogP contribution in [0.2, 0.25) is 0 Å². The van der Waals surface area contributed by atoms with Gasteiger partial charge < -0.3 is 10.4 Å². The second-order valence-electron chi connectivity index (χ2n) is 4.78. The largest absolute Gasteiger partial charge is 0.481 e. The molecule has 0 saturated carbocycles. The normalized spacial score (nSPS) is 12.6. The Labute approximate surface area is 111 Å². The molecule has 2 N–H and O–H groups in total. The van der Waals surface area contributed by atoms with Gasteiger partial charge in [0.2, 0.25) is 0 Å².